The van der Waals surface area contributed by atoms with Crippen LogP contribution in [0.1, 0.15) is 34.9 Å². The Balaban J connectivity index is 2.05. The Bertz CT molecular complexity index is 470. The number of aromatic nitrogens is 1. The molecule has 0 bridgehead atoms. The van der Waals surface area contributed by atoms with Gasteiger partial charge in [-0.15, -0.1) is 0 Å². The summed E-state index contributed by atoms with van der Waals surface area (Å²) in [4.78, 5) is 20.9. The van der Waals surface area contributed by atoms with Crippen molar-refractivity contribution in [1.29, 1.82) is 0 Å². The van der Waals surface area contributed by atoms with Gasteiger partial charge in [-0.1, -0.05) is 6.07 Å². The van der Waals surface area contributed by atoms with E-state index in [-0.39, 0.29) is 5.91 Å². The summed E-state index contributed by atoms with van der Waals surface area (Å²) in [7, 11) is 5.57. The summed E-state index contributed by atoms with van der Waals surface area (Å²) in [5, 5.41) is 0. The third kappa shape index (κ3) is 4.25. The lowest BCUT2D eigenvalue weighted by molar-refractivity contribution is 0.0738. The smallest absolute Gasteiger partial charge is 0.272 e. The molecule has 116 valence electrons. The van der Waals surface area contributed by atoms with Crippen LogP contribution in [0.5, 0.6) is 0 Å². The second kappa shape index (κ2) is 7.52. The number of amides is 1. The highest BCUT2D eigenvalue weighted by atomic mass is 16.5. The average Bonchev–Trinajstić information content (AvgIpc) is 2.52. The van der Waals surface area contributed by atoms with Crippen LogP contribution < -0.4 is 0 Å². The van der Waals surface area contributed by atoms with Crippen molar-refractivity contribution in [1.82, 2.24) is 14.8 Å². The normalized spacial score (nSPS) is 16.9. The predicted molar refractivity (Wildman–Crippen MR) is 82.5 cm³/mol. The lowest BCUT2D eigenvalue weighted by Gasteiger charge is -2.28. The number of nitrogens with zero attached hydrogens (tertiary/aromatic N) is 3. The number of hydrogen-bond acceptors (Lipinski definition) is 4. The summed E-state index contributed by atoms with van der Waals surface area (Å²) in [6.07, 6.45) is 2.22. The number of carbonyl (C=O) groups excluding carboxylic acids is 1. The Morgan fingerprint density at radius 2 is 2.14 bits per heavy atom. The van der Waals surface area contributed by atoms with Crippen LogP contribution in [0, 0.1) is 0 Å². The SMILES string of the molecule is COCCN(C)C(=O)c1cccc(C2CCN(C)CC2)n1. The van der Waals surface area contributed by atoms with Crippen molar-refractivity contribution >= 4 is 5.91 Å². The average molecular weight is 291 g/mol. The number of hydrogen-bond donors (Lipinski definition) is 0. The molecule has 0 spiro atoms. The topological polar surface area (TPSA) is 45.7 Å². The number of piperidine rings is 1. The van der Waals surface area contributed by atoms with Gasteiger partial charge in [-0.05, 0) is 45.1 Å². The van der Waals surface area contributed by atoms with Crippen LogP contribution in [0.3, 0.4) is 0 Å². The van der Waals surface area contributed by atoms with E-state index >= 15 is 0 Å². The molecule has 2 heterocycles. The van der Waals surface area contributed by atoms with Gasteiger partial charge in [0.25, 0.3) is 5.91 Å². The highest BCUT2D eigenvalue weighted by Crippen LogP contribution is 2.26. The third-order valence-electron chi connectivity index (χ3n) is 4.10. The van der Waals surface area contributed by atoms with Crippen molar-refractivity contribution in [3.63, 3.8) is 0 Å². The van der Waals surface area contributed by atoms with E-state index in [9.17, 15) is 4.79 Å². The quantitative estimate of drug-likeness (QED) is 0.827. The Kier molecular flexibility index (Phi) is 5.70. The molecule has 1 saturated heterocycles. The summed E-state index contributed by atoms with van der Waals surface area (Å²) in [6.45, 7) is 3.31. The maximum atomic E-state index is 12.3. The van der Waals surface area contributed by atoms with Crippen LogP contribution in [-0.4, -0.2) is 68.1 Å². The standard InChI is InChI=1S/C16H25N3O2/c1-18-9-7-13(8-10-18)14-5-4-6-15(17-14)16(20)19(2)11-12-21-3/h4-6,13H,7-12H2,1-3H3. The van der Waals surface area contributed by atoms with Crippen molar-refractivity contribution in [3.8, 4) is 0 Å². The van der Waals surface area contributed by atoms with Gasteiger partial charge in [0.1, 0.15) is 5.69 Å². The number of rotatable bonds is 5. The van der Waals surface area contributed by atoms with Crippen molar-refractivity contribution in [2.45, 2.75) is 18.8 Å². The molecule has 1 amide bonds. The Hall–Kier alpha value is -1.46. The van der Waals surface area contributed by atoms with Gasteiger partial charge in [0.2, 0.25) is 0 Å². The van der Waals surface area contributed by atoms with E-state index in [4.69, 9.17) is 4.74 Å². The largest absolute Gasteiger partial charge is 0.383 e. The molecule has 0 unspecified atom stereocenters. The zero-order valence-electron chi connectivity index (χ0n) is 13.2. The number of likely N-dealkylation sites (N-methyl/N-ethyl adjacent to an activating group) is 1. The summed E-state index contributed by atoms with van der Waals surface area (Å²) in [6, 6.07) is 5.78. The van der Waals surface area contributed by atoms with Crippen molar-refractivity contribution in [2.75, 3.05) is 47.4 Å². The summed E-state index contributed by atoms with van der Waals surface area (Å²) in [5.41, 5.74) is 1.58. The minimum Gasteiger partial charge on any atom is -0.383 e. The Morgan fingerprint density at radius 1 is 1.43 bits per heavy atom. The summed E-state index contributed by atoms with van der Waals surface area (Å²) in [5.74, 6) is 0.431. The molecule has 1 fully saturated rings. The molecule has 1 aliphatic heterocycles. The van der Waals surface area contributed by atoms with Gasteiger partial charge in [-0.3, -0.25) is 4.79 Å². The third-order valence-corrected chi connectivity index (χ3v) is 4.10. The molecule has 1 aliphatic rings. The van der Waals surface area contributed by atoms with Crippen molar-refractivity contribution in [2.24, 2.45) is 0 Å². The van der Waals surface area contributed by atoms with E-state index in [0.717, 1.165) is 31.6 Å². The molecule has 0 aliphatic carbocycles. The zero-order chi connectivity index (χ0) is 15.2. The van der Waals surface area contributed by atoms with Gasteiger partial charge in [-0.25, -0.2) is 4.98 Å². The summed E-state index contributed by atoms with van der Waals surface area (Å²) >= 11 is 0. The number of pyridine rings is 1. The van der Waals surface area contributed by atoms with E-state index in [1.165, 1.54) is 0 Å². The molecule has 0 saturated carbocycles. The second-order valence-corrected chi connectivity index (χ2v) is 5.74. The lowest BCUT2D eigenvalue weighted by atomic mass is 9.93. The van der Waals surface area contributed by atoms with Crippen LogP contribution in [0.4, 0.5) is 0 Å². The lowest BCUT2D eigenvalue weighted by Crippen LogP contribution is -2.31. The molecular formula is C16H25N3O2. The number of methoxy groups -OCH3 is 1. The highest BCUT2D eigenvalue weighted by Gasteiger charge is 2.21. The molecule has 5 heteroatoms. The van der Waals surface area contributed by atoms with Gasteiger partial charge < -0.3 is 14.5 Å². The molecule has 0 atom stereocenters. The van der Waals surface area contributed by atoms with E-state index in [0.29, 0.717) is 24.8 Å². The fourth-order valence-electron chi connectivity index (χ4n) is 2.63. The first-order chi connectivity index (χ1) is 10.1. The molecule has 2 rings (SSSR count). The van der Waals surface area contributed by atoms with Crippen LogP contribution in [0.25, 0.3) is 0 Å². The van der Waals surface area contributed by atoms with Gasteiger partial charge in [0.05, 0.1) is 6.61 Å². The van der Waals surface area contributed by atoms with E-state index in [1.54, 1.807) is 25.1 Å². The molecule has 1 aromatic heterocycles. The van der Waals surface area contributed by atoms with Crippen LogP contribution in [0.15, 0.2) is 18.2 Å². The fraction of sp³-hybridized carbons (Fsp3) is 0.625. The first-order valence-corrected chi connectivity index (χ1v) is 7.51. The molecular weight excluding hydrogens is 266 g/mol. The fourth-order valence-corrected chi connectivity index (χ4v) is 2.63. The molecule has 0 aromatic carbocycles. The van der Waals surface area contributed by atoms with Crippen LogP contribution >= 0.6 is 0 Å². The maximum absolute atomic E-state index is 12.3. The van der Waals surface area contributed by atoms with Gasteiger partial charge in [0.15, 0.2) is 0 Å². The van der Waals surface area contributed by atoms with Gasteiger partial charge in [-0.2, -0.15) is 0 Å². The number of carbonyl (C=O) groups is 1. The van der Waals surface area contributed by atoms with E-state index < -0.39 is 0 Å². The molecule has 21 heavy (non-hydrogen) atoms. The van der Waals surface area contributed by atoms with Gasteiger partial charge >= 0.3 is 0 Å². The molecule has 0 radical (unpaired) electrons. The predicted octanol–water partition coefficient (Wildman–Crippen LogP) is 1.61. The van der Waals surface area contributed by atoms with E-state index in [1.807, 2.05) is 12.1 Å². The molecule has 1 aromatic rings. The van der Waals surface area contributed by atoms with Crippen LogP contribution in [-0.2, 0) is 4.74 Å². The number of likely N-dealkylation sites (tertiary alicyclic amines) is 1. The monoisotopic (exact) mass is 291 g/mol. The van der Waals surface area contributed by atoms with Gasteiger partial charge in [0, 0.05) is 32.3 Å². The first kappa shape index (κ1) is 15.9. The zero-order valence-corrected chi connectivity index (χ0v) is 13.2. The van der Waals surface area contributed by atoms with E-state index in [2.05, 4.69) is 16.9 Å². The van der Waals surface area contributed by atoms with Crippen LogP contribution in [0.2, 0.25) is 0 Å². The second-order valence-electron chi connectivity index (χ2n) is 5.74. The Morgan fingerprint density at radius 3 is 2.81 bits per heavy atom. The minimum absolute atomic E-state index is 0.0400. The Labute approximate surface area is 126 Å². The molecule has 0 N–H and O–H groups in total. The first-order valence-electron chi connectivity index (χ1n) is 7.51. The minimum atomic E-state index is -0.0400. The highest BCUT2D eigenvalue weighted by molar-refractivity contribution is 5.92. The van der Waals surface area contributed by atoms with Crippen molar-refractivity contribution in [3.05, 3.63) is 29.6 Å². The van der Waals surface area contributed by atoms with Crippen molar-refractivity contribution < 1.29 is 9.53 Å². The molecule has 5 nitrogen and oxygen atoms in total. The summed E-state index contributed by atoms with van der Waals surface area (Å²) < 4.78 is 5.01. The maximum Gasteiger partial charge on any atom is 0.272 e. The number of ether oxygens (including phenoxy) is 1.